The van der Waals surface area contributed by atoms with Gasteiger partial charge in [0.1, 0.15) is 17.4 Å². The summed E-state index contributed by atoms with van der Waals surface area (Å²) in [7, 11) is 1.55. The van der Waals surface area contributed by atoms with Crippen molar-refractivity contribution in [3.05, 3.63) is 65.2 Å². The van der Waals surface area contributed by atoms with Gasteiger partial charge < -0.3 is 4.74 Å². The minimum absolute atomic E-state index is 0.410. The molecule has 2 aromatic carbocycles. The van der Waals surface area contributed by atoms with Gasteiger partial charge >= 0.3 is 0 Å². The molecule has 0 saturated heterocycles. The van der Waals surface area contributed by atoms with Gasteiger partial charge in [-0.1, -0.05) is 12.1 Å². The van der Waals surface area contributed by atoms with E-state index in [1.54, 1.807) is 31.4 Å². The van der Waals surface area contributed by atoms with Gasteiger partial charge in [-0.25, -0.2) is 14.2 Å². The molecule has 2 aromatic rings. The van der Waals surface area contributed by atoms with Gasteiger partial charge in [0, 0.05) is 6.07 Å². The van der Waals surface area contributed by atoms with Crippen molar-refractivity contribution >= 4 is 0 Å². The molecule has 1 atom stereocenters. The molecule has 0 spiro atoms. The Bertz CT molecular complexity index is 555. The van der Waals surface area contributed by atoms with Crippen molar-refractivity contribution in [3.63, 3.8) is 0 Å². The SMILES string of the molecule is COc1cccc(C(NN)c2cc(F)cc(F)c2)c1. The standard InChI is InChI=1S/C14H14F2N2O/c1-19-13-4-2-3-9(7-13)14(18-17)10-5-11(15)8-12(16)6-10/h2-8,14,18H,17H2,1H3. The third-order valence-corrected chi connectivity index (χ3v) is 2.81. The van der Waals surface area contributed by atoms with E-state index in [-0.39, 0.29) is 0 Å². The van der Waals surface area contributed by atoms with E-state index in [1.165, 1.54) is 12.1 Å². The zero-order valence-corrected chi connectivity index (χ0v) is 10.4. The molecular weight excluding hydrogens is 250 g/mol. The van der Waals surface area contributed by atoms with Crippen LogP contribution in [-0.4, -0.2) is 7.11 Å². The van der Waals surface area contributed by atoms with Crippen molar-refractivity contribution in [2.45, 2.75) is 6.04 Å². The Morgan fingerprint density at radius 2 is 1.74 bits per heavy atom. The predicted molar refractivity (Wildman–Crippen MR) is 68.5 cm³/mol. The first-order valence-electron chi connectivity index (χ1n) is 5.70. The molecule has 0 aliphatic heterocycles. The Morgan fingerprint density at radius 3 is 2.32 bits per heavy atom. The highest BCUT2D eigenvalue weighted by Gasteiger charge is 2.15. The Morgan fingerprint density at radius 1 is 1.05 bits per heavy atom. The van der Waals surface area contributed by atoms with E-state index in [9.17, 15) is 8.78 Å². The van der Waals surface area contributed by atoms with Crippen LogP contribution in [0, 0.1) is 11.6 Å². The maximum Gasteiger partial charge on any atom is 0.126 e. The Hall–Kier alpha value is -1.98. The largest absolute Gasteiger partial charge is 0.497 e. The van der Waals surface area contributed by atoms with E-state index in [2.05, 4.69) is 5.43 Å². The monoisotopic (exact) mass is 264 g/mol. The van der Waals surface area contributed by atoms with Gasteiger partial charge in [-0.3, -0.25) is 5.84 Å². The lowest BCUT2D eigenvalue weighted by Crippen LogP contribution is -2.29. The van der Waals surface area contributed by atoms with Gasteiger partial charge in [-0.2, -0.15) is 0 Å². The van der Waals surface area contributed by atoms with Crippen molar-refractivity contribution in [1.29, 1.82) is 0 Å². The quantitative estimate of drug-likeness (QED) is 0.659. The van der Waals surface area contributed by atoms with Crippen LogP contribution in [0.3, 0.4) is 0 Å². The third kappa shape index (κ3) is 3.07. The fourth-order valence-electron chi connectivity index (χ4n) is 1.95. The van der Waals surface area contributed by atoms with Gasteiger partial charge in [0.15, 0.2) is 0 Å². The van der Waals surface area contributed by atoms with E-state index >= 15 is 0 Å². The lowest BCUT2D eigenvalue weighted by molar-refractivity contribution is 0.413. The summed E-state index contributed by atoms with van der Waals surface area (Å²) < 4.78 is 31.6. The molecule has 0 saturated carbocycles. The molecule has 0 aromatic heterocycles. The fourth-order valence-corrected chi connectivity index (χ4v) is 1.95. The molecule has 3 N–H and O–H groups in total. The molecule has 2 rings (SSSR count). The number of halogens is 2. The summed E-state index contributed by atoms with van der Waals surface area (Å²) in [5, 5.41) is 0. The Labute approximate surface area is 110 Å². The van der Waals surface area contributed by atoms with Crippen LogP contribution in [0.15, 0.2) is 42.5 Å². The number of rotatable bonds is 4. The van der Waals surface area contributed by atoms with E-state index < -0.39 is 17.7 Å². The van der Waals surface area contributed by atoms with Crippen molar-refractivity contribution in [2.75, 3.05) is 7.11 Å². The number of hydrogen-bond donors (Lipinski definition) is 2. The van der Waals surface area contributed by atoms with E-state index in [4.69, 9.17) is 10.6 Å². The summed E-state index contributed by atoms with van der Waals surface area (Å²) >= 11 is 0. The number of benzene rings is 2. The van der Waals surface area contributed by atoms with Crippen LogP contribution in [-0.2, 0) is 0 Å². The number of methoxy groups -OCH3 is 1. The van der Waals surface area contributed by atoms with Crippen LogP contribution in [0.25, 0.3) is 0 Å². The minimum atomic E-state index is -0.641. The molecule has 0 amide bonds. The number of nitrogens with one attached hydrogen (secondary N) is 1. The Kier molecular flexibility index (Phi) is 4.09. The molecule has 0 aliphatic rings. The number of hydrogen-bond acceptors (Lipinski definition) is 3. The topological polar surface area (TPSA) is 47.3 Å². The van der Waals surface area contributed by atoms with Crippen LogP contribution in [0.5, 0.6) is 5.75 Å². The molecule has 0 radical (unpaired) electrons. The van der Waals surface area contributed by atoms with Crippen LogP contribution >= 0.6 is 0 Å². The Balaban J connectivity index is 2.43. The van der Waals surface area contributed by atoms with Gasteiger partial charge in [0.25, 0.3) is 0 Å². The average Bonchev–Trinajstić information content (AvgIpc) is 2.39. The number of hydrazine groups is 1. The average molecular weight is 264 g/mol. The van der Waals surface area contributed by atoms with E-state index in [0.29, 0.717) is 11.3 Å². The molecule has 19 heavy (non-hydrogen) atoms. The zero-order chi connectivity index (χ0) is 13.8. The maximum atomic E-state index is 13.3. The van der Waals surface area contributed by atoms with Crippen molar-refractivity contribution in [1.82, 2.24) is 5.43 Å². The first-order valence-corrected chi connectivity index (χ1v) is 5.70. The van der Waals surface area contributed by atoms with Gasteiger partial charge in [0.2, 0.25) is 0 Å². The fraction of sp³-hybridized carbons (Fsp3) is 0.143. The summed E-state index contributed by atoms with van der Waals surface area (Å²) in [6, 6.07) is 9.92. The highest BCUT2D eigenvalue weighted by Crippen LogP contribution is 2.25. The molecule has 0 heterocycles. The van der Waals surface area contributed by atoms with Crippen LogP contribution in [0.4, 0.5) is 8.78 Å². The second-order valence-corrected chi connectivity index (χ2v) is 4.08. The summed E-state index contributed by atoms with van der Waals surface area (Å²) in [5.41, 5.74) is 3.72. The molecule has 0 aliphatic carbocycles. The number of nitrogens with two attached hydrogens (primary N) is 1. The van der Waals surface area contributed by atoms with E-state index in [1.807, 2.05) is 0 Å². The van der Waals surface area contributed by atoms with Gasteiger partial charge in [-0.15, -0.1) is 0 Å². The third-order valence-electron chi connectivity index (χ3n) is 2.81. The van der Waals surface area contributed by atoms with Crippen LogP contribution in [0.2, 0.25) is 0 Å². The second-order valence-electron chi connectivity index (χ2n) is 4.08. The number of ether oxygens (including phenoxy) is 1. The zero-order valence-electron chi connectivity index (χ0n) is 10.4. The molecule has 3 nitrogen and oxygen atoms in total. The normalized spacial score (nSPS) is 12.2. The molecular formula is C14H14F2N2O. The molecule has 0 fully saturated rings. The first-order chi connectivity index (χ1) is 9.13. The predicted octanol–water partition coefficient (Wildman–Crippen LogP) is 2.53. The van der Waals surface area contributed by atoms with Crippen molar-refractivity contribution in [3.8, 4) is 5.75 Å². The highest BCUT2D eigenvalue weighted by atomic mass is 19.1. The smallest absolute Gasteiger partial charge is 0.126 e. The molecule has 1 unspecified atom stereocenters. The molecule has 0 bridgehead atoms. The van der Waals surface area contributed by atoms with Gasteiger partial charge in [0.05, 0.1) is 13.2 Å². The summed E-state index contributed by atoms with van der Waals surface area (Å²) in [5.74, 6) is 4.86. The minimum Gasteiger partial charge on any atom is -0.497 e. The first kappa shape index (κ1) is 13.5. The molecule has 5 heteroatoms. The summed E-state index contributed by atoms with van der Waals surface area (Å²) in [6.07, 6.45) is 0. The summed E-state index contributed by atoms with van der Waals surface area (Å²) in [6.45, 7) is 0. The van der Waals surface area contributed by atoms with E-state index in [0.717, 1.165) is 11.6 Å². The molecule has 100 valence electrons. The lowest BCUT2D eigenvalue weighted by Gasteiger charge is -2.17. The second kappa shape index (κ2) is 5.77. The lowest BCUT2D eigenvalue weighted by atomic mass is 9.99. The maximum absolute atomic E-state index is 13.3. The highest BCUT2D eigenvalue weighted by molar-refractivity contribution is 5.36. The van der Waals surface area contributed by atoms with Crippen LogP contribution < -0.4 is 16.0 Å². The summed E-state index contributed by atoms with van der Waals surface area (Å²) in [4.78, 5) is 0. The van der Waals surface area contributed by atoms with Crippen molar-refractivity contribution in [2.24, 2.45) is 5.84 Å². The van der Waals surface area contributed by atoms with Gasteiger partial charge in [-0.05, 0) is 35.4 Å². The van der Waals surface area contributed by atoms with Crippen molar-refractivity contribution < 1.29 is 13.5 Å². The van der Waals surface area contributed by atoms with Crippen LogP contribution in [0.1, 0.15) is 17.2 Å².